The van der Waals surface area contributed by atoms with Gasteiger partial charge in [-0.05, 0) is 46.6 Å². The molecule has 2 aliphatic heterocycles. The Labute approximate surface area is 91.8 Å². The molecule has 3 nitrogen and oxygen atoms in total. The number of nitrogens with zero attached hydrogens (tertiary/aromatic N) is 1. The molecule has 2 saturated heterocycles. The van der Waals surface area contributed by atoms with Gasteiger partial charge < -0.3 is 4.74 Å². The molecule has 2 rings (SSSR count). The topological polar surface area (TPSA) is 29.5 Å². The molecule has 0 aliphatic carbocycles. The van der Waals surface area contributed by atoms with Crippen molar-refractivity contribution in [3.05, 3.63) is 0 Å². The molecule has 2 fully saturated rings. The molecular weight excluding hydrogens is 190 g/mol. The zero-order valence-electron chi connectivity index (χ0n) is 9.95. The molecule has 0 N–H and O–H groups in total. The lowest BCUT2D eigenvalue weighted by Gasteiger charge is -2.22. The summed E-state index contributed by atoms with van der Waals surface area (Å²) in [4.78, 5) is 14.3. The number of ether oxygens (including phenoxy) is 1. The Morgan fingerprint density at radius 3 is 2.73 bits per heavy atom. The van der Waals surface area contributed by atoms with E-state index >= 15 is 0 Å². The Bertz CT molecular complexity index is 245. The van der Waals surface area contributed by atoms with E-state index in [0.717, 1.165) is 13.0 Å². The smallest absolute Gasteiger partial charge is 0.310 e. The third-order valence-corrected chi connectivity index (χ3v) is 3.25. The number of hydrogen-bond donors (Lipinski definition) is 0. The number of hydrogen-bond acceptors (Lipinski definition) is 3. The van der Waals surface area contributed by atoms with Crippen molar-refractivity contribution in [1.82, 2.24) is 4.90 Å². The molecule has 2 unspecified atom stereocenters. The number of carbonyl (C=O) groups is 1. The monoisotopic (exact) mass is 211 g/mol. The van der Waals surface area contributed by atoms with Gasteiger partial charge in [0, 0.05) is 12.6 Å². The normalized spacial score (nSPS) is 31.7. The number of carbonyl (C=O) groups excluding carboxylic acids is 1. The van der Waals surface area contributed by atoms with Crippen LogP contribution in [-0.2, 0) is 9.53 Å². The SMILES string of the molecule is CC(C)(C)OC(=O)C1CC2CCCN2C1. The minimum atomic E-state index is -0.343. The largest absolute Gasteiger partial charge is 0.460 e. The standard InChI is InChI=1S/C12H21NO2/c1-12(2,3)15-11(14)9-7-10-5-4-6-13(10)8-9/h9-10H,4-8H2,1-3H3. The highest BCUT2D eigenvalue weighted by Gasteiger charge is 2.39. The molecule has 0 aromatic heterocycles. The van der Waals surface area contributed by atoms with Crippen LogP contribution in [0.3, 0.4) is 0 Å². The van der Waals surface area contributed by atoms with Crippen LogP contribution >= 0.6 is 0 Å². The molecule has 0 radical (unpaired) electrons. The van der Waals surface area contributed by atoms with Gasteiger partial charge in [-0.1, -0.05) is 0 Å². The molecule has 0 amide bonds. The van der Waals surface area contributed by atoms with Gasteiger partial charge in [0.2, 0.25) is 0 Å². The minimum Gasteiger partial charge on any atom is -0.460 e. The predicted molar refractivity (Wildman–Crippen MR) is 58.5 cm³/mol. The summed E-state index contributed by atoms with van der Waals surface area (Å²) in [6, 6.07) is 0.655. The van der Waals surface area contributed by atoms with Gasteiger partial charge in [-0.25, -0.2) is 0 Å². The Hall–Kier alpha value is -0.570. The van der Waals surface area contributed by atoms with Crippen molar-refractivity contribution >= 4 is 5.97 Å². The molecule has 0 aromatic carbocycles. The predicted octanol–water partition coefficient (Wildman–Crippen LogP) is 1.81. The van der Waals surface area contributed by atoms with Crippen LogP contribution in [-0.4, -0.2) is 35.6 Å². The summed E-state index contributed by atoms with van der Waals surface area (Å²) in [5.41, 5.74) is -0.343. The molecule has 86 valence electrons. The first-order valence-electron chi connectivity index (χ1n) is 5.92. The fraction of sp³-hybridized carbons (Fsp3) is 0.917. The van der Waals surface area contributed by atoms with Crippen LogP contribution in [0.4, 0.5) is 0 Å². The lowest BCUT2D eigenvalue weighted by Crippen LogP contribution is -2.30. The molecule has 2 heterocycles. The highest BCUT2D eigenvalue weighted by Crippen LogP contribution is 2.32. The van der Waals surface area contributed by atoms with Crippen molar-refractivity contribution in [2.45, 2.75) is 51.7 Å². The summed E-state index contributed by atoms with van der Waals surface area (Å²) in [5, 5.41) is 0. The van der Waals surface area contributed by atoms with E-state index in [2.05, 4.69) is 4.90 Å². The highest BCUT2D eigenvalue weighted by atomic mass is 16.6. The van der Waals surface area contributed by atoms with E-state index in [1.807, 2.05) is 20.8 Å². The van der Waals surface area contributed by atoms with E-state index in [9.17, 15) is 4.79 Å². The van der Waals surface area contributed by atoms with Crippen LogP contribution in [0.5, 0.6) is 0 Å². The Kier molecular flexibility index (Phi) is 2.75. The fourth-order valence-electron chi connectivity index (χ4n) is 2.64. The van der Waals surface area contributed by atoms with Gasteiger partial charge >= 0.3 is 5.97 Å². The van der Waals surface area contributed by atoms with E-state index in [1.54, 1.807) is 0 Å². The average molecular weight is 211 g/mol. The molecule has 3 heteroatoms. The van der Waals surface area contributed by atoms with Crippen LogP contribution in [0, 0.1) is 5.92 Å². The summed E-state index contributed by atoms with van der Waals surface area (Å²) in [6.07, 6.45) is 3.57. The highest BCUT2D eigenvalue weighted by molar-refractivity contribution is 5.73. The third kappa shape index (κ3) is 2.51. The minimum absolute atomic E-state index is 0.00287. The summed E-state index contributed by atoms with van der Waals surface area (Å²) in [6.45, 7) is 7.88. The van der Waals surface area contributed by atoms with Gasteiger partial charge in [0.1, 0.15) is 5.60 Å². The molecule has 0 spiro atoms. The van der Waals surface area contributed by atoms with Gasteiger partial charge in [0.05, 0.1) is 5.92 Å². The first-order chi connectivity index (χ1) is 6.96. The van der Waals surface area contributed by atoms with E-state index < -0.39 is 0 Å². The zero-order valence-corrected chi connectivity index (χ0v) is 9.95. The molecular formula is C12H21NO2. The van der Waals surface area contributed by atoms with Crippen LogP contribution in [0.1, 0.15) is 40.0 Å². The van der Waals surface area contributed by atoms with Gasteiger partial charge in [0.25, 0.3) is 0 Å². The van der Waals surface area contributed by atoms with Gasteiger partial charge in [0.15, 0.2) is 0 Å². The van der Waals surface area contributed by atoms with Crippen LogP contribution in [0.15, 0.2) is 0 Å². The van der Waals surface area contributed by atoms with Crippen molar-refractivity contribution < 1.29 is 9.53 Å². The number of fused-ring (bicyclic) bond motifs is 1. The van der Waals surface area contributed by atoms with E-state index in [1.165, 1.54) is 19.4 Å². The van der Waals surface area contributed by atoms with E-state index in [-0.39, 0.29) is 17.5 Å². The summed E-state index contributed by atoms with van der Waals surface area (Å²) < 4.78 is 5.42. The Morgan fingerprint density at radius 1 is 1.40 bits per heavy atom. The fourth-order valence-corrected chi connectivity index (χ4v) is 2.64. The first-order valence-corrected chi connectivity index (χ1v) is 5.92. The Balaban J connectivity index is 1.88. The number of esters is 1. The van der Waals surface area contributed by atoms with Gasteiger partial charge in [-0.3, -0.25) is 9.69 Å². The first kappa shape index (κ1) is 10.9. The Morgan fingerprint density at radius 2 is 2.13 bits per heavy atom. The van der Waals surface area contributed by atoms with Crippen LogP contribution in [0.2, 0.25) is 0 Å². The molecule has 2 aliphatic rings. The van der Waals surface area contributed by atoms with Crippen molar-refractivity contribution in [1.29, 1.82) is 0 Å². The van der Waals surface area contributed by atoms with Gasteiger partial charge in [-0.2, -0.15) is 0 Å². The van der Waals surface area contributed by atoms with E-state index in [0.29, 0.717) is 6.04 Å². The average Bonchev–Trinajstić information content (AvgIpc) is 2.56. The maximum Gasteiger partial charge on any atom is 0.310 e. The molecule has 2 atom stereocenters. The second-order valence-electron chi connectivity index (χ2n) is 5.76. The molecule has 0 aromatic rings. The molecule has 15 heavy (non-hydrogen) atoms. The maximum absolute atomic E-state index is 11.8. The molecule has 0 saturated carbocycles. The summed E-state index contributed by atoms with van der Waals surface area (Å²) in [7, 11) is 0. The lowest BCUT2D eigenvalue weighted by atomic mass is 10.0. The van der Waals surface area contributed by atoms with Crippen molar-refractivity contribution in [3.63, 3.8) is 0 Å². The van der Waals surface area contributed by atoms with Crippen molar-refractivity contribution in [3.8, 4) is 0 Å². The van der Waals surface area contributed by atoms with Gasteiger partial charge in [-0.15, -0.1) is 0 Å². The second-order valence-corrected chi connectivity index (χ2v) is 5.76. The third-order valence-electron chi connectivity index (χ3n) is 3.25. The van der Waals surface area contributed by atoms with Crippen molar-refractivity contribution in [2.75, 3.05) is 13.1 Å². The van der Waals surface area contributed by atoms with E-state index in [4.69, 9.17) is 4.74 Å². The van der Waals surface area contributed by atoms with Crippen LogP contribution < -0.4 is 0 Å². The number of rotatable bonds is 1. The summed E-state index contributed by atoms with van der Waals surface area (Å²) in [5.74, 6) is 0.117. The zero-order chi connectivity index (χ0) is 11.1. The van der Waals surface area contributed by atoms with Crippen molar-refractivity contribution in [2.24, 2.45) is 5.92 Å². The summed E-state index contributed by atoms with van der Waals surface area (Å²) >= 11 is 0. The quantitative estimate of drug-likeness (QED) is 0.620. The van der Waals surface area contributed by atoms with Crippen LogP contribution in [0.25, 0.3) is 0 Å². The lowest BCUT2D eigenvalue weighted by molar-refractivity contribution is -0.159. The maximum atomic E-state index is 11.8. The molecule has 0 bridgehead atoms. The second kappa shape index (κ2) is 3.78.